The Morgan fingerprint density at radius 1 is 1.07 bits per heavy atom. The zero-order valence-corrected chi connectivity index (χ0v) is 14.6. The van der Waals surface area contributed by atoms with Crippen molar-refractivity contribution >= 4 is 17.7 Å². The Morgan fingerprint density at radius 3 is 2.52 bits per heavy atom. The first kappa shape index (κ1) is 20.3. The van der Waals surface area contributed by atoms with Crippen molar-refractivity contribution in [2.24, 2.45) is 0 Å². The Morgan fingerprint density at radius 2 is 1.81 bits per heavy atom. The fraction of sp³-hybridized carbons (Fsp3) is 0.263. The fourth-order valence-electron chi connectivity index (χ4n) is 2.34. The topological polar surface area (TPSA) is 67.4 Å². The van der Waals surface area contributed by atoms with E-state index in [1.165, 1.54) is 12.1 Å². The van der Waals surface area contributed by atoms with Crippen LogP contribution in [0.2, 0.25) is 0 Å². The van der Waals surface area contributed by atoms with E-state index < -0.39 is 23.7 Å². The molecule has 8 heteroatoms. The number of carbonyl (C=O) groups is 2. The molecule has 0 spiro atoms. The molecule has 0 unspecified atom stereocenters. The van der Waals surface area contributed by atoms with Gasteiger partial charge >= 0.3 is 18.2 Å². The van der Waals surface area contributed by atoms with Crippen molar-refractivity contribution < 1.29 is 27.5 Å². The van der Waals surface area contributed by atoms with Crippen molar-refractivity contribution in [2.75, 3.05) is 18.5 Å². The van der Waals surface area contributed by atoms with Crippen LogP contribution < -0.4 is 10.6 Å². The molecule has 2 amide bonds. The van der Waals surface area contributed by atoms with Crippen molar-refractivity contribution in [3.05, 3.63) is 65.2 Å². The summed E-state index contributed by atoms with van der Waals surface area (Å²) in [5, 5.41) is 5.13. The zero-order chi connectivity index (χ0) is 19.9. The lowest BCUT2D eigenvalue weighted by Crippen LogP contribution is -2.30. The summed E-state index contributed by atoms with van der Waals surface area (Å²) in [4.78, 5) is 23.6. The van der Waals surface area contributed by atoms with Gasteiger partial charge < -0.3 is 15.4 Å². The third-order valence-corrected chi connectivity index (χ3v) is 3.59. The highest BCUT2D eigenvalue weighted by Gasteiger charge is 2.30. The predicted molar refractivity (Wildman–Crippen MR) is 94.6 cm³/mol. The van der Waals surface area contributed by atoms with E-state index in [4.69, 9.17) is 4.74 Å². The summed E-state index contributed by atoms with van der Waals surface area (Å²) in [6.45, 7) is 2.09. The van der Waals surface area contributed by atoms with Gasteiger partial charge in [0.05, 0.1) is 17.7 Å². The third kappa shape index (κ3) is 6.32. The van der Waals surface area contributed by atoms with Crippen LogP contribution in [0.3, 0.4) is 0 Å². The van der Waals surface area contributed by atoms with Gasteiger partial charge in [-0.1, -0.05) is 24.3 Å². The van der Waals surface area contributed by atoms with Crippen LogP contribution in [-0.2, 0) is 17.3 Å². The largest absolute Gasteiger partial charge is 0.462 e. The van der Waals surface area contributed by atoms with Gasteiger partial charge in [-0.2, -0.15) is 13.2 Å². The quantitative estimate of drug-likeness (QED) is 0.737. The van der Waals surface area contributed by atoms with E-state index in [-0.39, 0.29) is 19.6 Å². The molecule has 0 aliphatic rings. The third-order valence-electron chi connectivity index (χ3n) is 3.59. The number of carbonyl (C=O) groups excluding carboxylic acids is 2. The molecule has 0 saturated heterocycles. The van der Waals surface area contributed by atoms with Gasteiger partial charge in [0.1, 0.15) is 0 Å². The summed E-state index contributed by atoms with van der Waals surface area (Å²) >= 11 is 0. The zero-order valence-electron chi connectivity index (χ0n) is 14.6. The molecule has 27 heavy (non-hydrogen) atoms. The van der Waals surface area contributed by atoms with Crippen LogP contribution in [0.4, 0.5) is 23.7 Å². The van der Waals surface area contributed by atoms with Gasteiger partial charge in [-0.25, -0.2) is 9.59 Å². The smallest absolute Gasteiger partial charge is 0.416 e. The van der Waals surface area contributed by atoms with Gasteiger partial charge in [0.15, 0.2) is 0 Å². The maximum absolute atomic E-state index is 12.7. The van der Waals surface area contributed by atoms with Crippen LogP contribution in [0.5, 0.6) is 0 Å². The lowest BCUT2D eigenvalue weighted by Gasteiger charge is -2.10. The molecule has 0 atom stereocenters. The molecule has 2 N–H and O–H groups in total. The van der Waals surface area contributed by atoms with Crippen molar-refractivity contribution in [2.45, 2.75) is 19.5 Å². The Bertz CT molecular complexity index is 807. The number of amides is 2. The maximum atomic E-state index is 12.7. The van der Waals surface area contributed by atoms with E-state index in [2.05, 4.69) is 10.6 Å². The summed E-state index contributed by atoms with van der Waals surface area (Å²) in [5.74, 6) is -0.494. The average molecular weight is 380 g/mol. The standard InChI is InChI=1S/C19H19F3N2O3/c1-2-27-17(25)14-6-4-8-16(12-14)24-18(26)23-10-9-13-5-3-7-15(11-13)19(20,21)22/h3-8,11-12H,2,9-10H2,1H3,(H2,23,24,26). The highest BCUT2D eigenvalue weighted by Crippen LogP contribution is 2.29. The van der Waals surface area contributed by atoms with Crippen molar-refractivity contribution in [1.82, 2.24) is 5.32 Å². The van der Waals surface area contributed by atoms with E-state index in [0.29, 0.717) is 16.8 Å². The Labute approximate surface area is 154 Å². The van der Waals surface area contributed by atoms with E-state index in [1.807, 2.05) is 0 Å². The SMILES string of the molecule is CCOC(=O)c1cccc(NC(=O)NCCc2cccc(C(F)(F)F)c2)c1. The number of ether oxygens (including phenoxy) is 1. The van der Waals surface area contributed by atoms with Crippen LogP contribution in [0, 0.1) is 0 Å². The van der Waals surface area contributed by atoms with E-state index in [0.717, 1.165) is 12.1 Å². The number of urea groups is 1. The second kappa shape index (κ2) is 9.07. The highest BCUT2D eigenvalue weighted by atomic mass is 19.4. The number of nitrogens with one attached hydrogen (secondary N) is 2. The number of hydrogen-bond donors (Lipinski definition) is 2. The number of rotatable bonds is 6. The molecule has 0 radical (unpaired) electrons. The number of benzene rings is 2. The van der Waals surface area contributed by atoms with E-state index >= 15 is 0 Å². The molecular formula is C19H19F3N2O3. The fourth-order valence-corrected chi connectivity index (χ4v) is 2.34. The summed E-state index contributed by atoms with van der Waals surface area (Å²) < 4.78 is 42.9. The number of alkyl halides is 3. The Balaban J connectivity index is 1.87. The van der Waals surface area contributed by atoms with Crippen LogP contribution in [-0.4, -0.2) is 25.2 Å². The van der Waals surface area contributed by atoms with E-state index in [9.17, 15) is 22.8 Å². The maximum Gasteiger partial charge on any atom is 0.416 e. The first-order valence-electron chi connectivity index (χ1n) is 8.27. The van der Waals surface area contributed by atoms with Gasteiger partial charge in [0.25, 0.3) is 0 Å². The molecule has 2 rings (SSSR count). The lowest BCUT2D eigenvalue weighted by atomic mass is 10.1. The average Bonchev–Trinajstić information content (AvgIpc) is 2.62. The van der Waals surface area contributed by atoms with Gasteiger partial charge in [-0.05, 0) is 43.2 Å². The summed E-state index contributed by atoms with van der Waals surface area (Å²) in [5.41, 5.74) is 0.449. The molecule has 0 aromatic heterocycles. The molecular weight excluding hydrogens is 361 g/mol. The molecule has 144 valence electrons. The highest BCUT2D eigenvalue weighted by molar-refractivity contribution is 5.93. The lowest BCUT2D eigenvalue weighted by molar-refractivity contribution is -0.137. The molecule has 0 fully saturated rings. The first-order chi connectivity index (χ1) is 12.8. The van der Waals surface area contributed by atoms with Crippen LogP contribution in [0.15, 0.2) is 48.5 Å². The normalized spacial score (nSPS) is 11.0. The van der Waals surface area contributed by atoms with Crippen LogP contribution in [0.1, 0.15) is 28.4 Å². The minimum absolute atomic E-state index is 0.157. The second-order valence-corrected chi connectivity index (χ2v) is 5.63. The summed E-state index contributed by atoms with van der Waals surface area (Å²) in [6, 6.07) is 10.7. The summed E-state index contributed by atoms with van der Waals surface area (Å²) in [7, 11) is 0. The van der Waals surface area contributed by atoms with Gasteiger partial charge in [0.2, 0.25) is 0 Å². The second-order valence-electron chi connectivity index (χ2n) is 5.63. The van der Waals surface area contributed by atoms with Crippen LogP contribution in [0.25, 0.3) is 0 Å². The first-order valence-corrected chi connectivity index (χ1v) is 8.27. The molecule has 5 nitrogen and oxygen atoms in total. The number of esters is 1. The van der Waals surface area contributed by atoms with Crippen molar-refractivity contribution in [3.8, 4) is 0 Å². The van der Waals surface area contributed by atoms with Crippen molar-refractivity contribution in [1.29, 1.82) is 0 Å². The monoisotopic (exact) mass is 380 g/mol. The molecule has 0 bridgehead atoms. The molecule has 0 aliphatic carbocycles. The molecule has 2 aromatic carbocycles. The minimum Gasteiger partial charge on any atom is -0.462 e. The van der Waals surface area contributed by atoms with Gasteiger partial charge in [0, 0.05) is 12.2 Å². The number of halogens is 3. The minimum atomic E-state index is -4.40. The summed E-state index contributed by atoms with van der Waals surface area (Å²) in [6.07, 6.45) is -4.15. The van der Waals surface area contributed by atoms with Gasteiger partial charge in [-0.15, -0.1) is 0 Å². The van der Waals surface area contributed by atoms with Crippen molar-refractivity contribution in [3.63, 3.8) is 0 Å². The molecule has 2 aromatic rings. The Kier molecular flexibility index (Phi) is 6.81. The van der Waals surface area contributed by atoms with E-state index in [1.54, 1.807) is 31.2 Å². The predicted octanol–water partition coefficient (Wildman–Crippen LogP) is 4.25. The van der Waals surface area contributed by atoms with Gasteiger partial charge in [-0.3, -0.25) is 0 Å². The number of anilines is 1. The molecule has 0 aliphatic heterocycles. The Hall–Kier alpha value is -3.03. The molecule has 0 saturated carbocycles. The molecule has 0 heterocycles. The number of hydrogen-bond acceptors (Lipinski definition) is 3. The van der Waals surface area contributed by atoms with Crippen LogP contribution >= 0.6 is 0 Å².